The molecular formula is C17H25N3O. The summed E-state index contributed by atoms with van der Waals surface area (Å²) in [5.41, 5.74) is 2.39. The molecule has 2 aromatic rings. The zero-order chi connectivity index (χ0) is 15.3. The molecule has 0 saturated heterocycles. The molecular weight excluding hydrogens is 262 g/mol. The van der Waals surface area contributed by atoms with Crippen LogP contribution in [0.4, 0.5) is 0 Å². The SMILES string of the molecule is CCC(C)C(C)(O)CNCc1cc(-c2ccccc2)n[nH]1. The Hall–Kier alpha value is -1.65. The van der Waals surface area contributed by atoms with Gasteiger partial charge in [0.2, 0.25) is 0 Å². The van der Waals surface area contributed by atoms with E-state index in [4.69, 9.17) is 0 Å². The van der Waals surface area contributed by atoms with E-state index < -0.39 is 5.60 Å². The van der Waals surface area contributed by atoms with E-state index in [0.29, 0.717) is 13.1 Å². The predicted molar refractivity (Wildman–Crippen MR) is 85.8 cm³/mol. The van der Waals surface area contributed by atoms with Crippen molar-refractivity contribution < 1.29 is 5.11 Å². The van der Waals surface area contributed by atoms with Gasteiger partial charge in [0.05, 0.1) is 11.3 Å². The minimum atomic E-state index is -0.684. The summed E-state index contributed by atoms with van der Waals surface area (Å²) in [6.45, 7) is 7.30. The molecule has 114 valence electrons. The summed E-state index contributed by atoms with van der Waals surface area (Å²) in [5.74, 6) is 0.270. The van der Waals surface area contributed by atoms with Gasteiger partial charge in [-0.25, -0.2) is 0 Å². The molecule has 0 aliphatic heterocycles. The summed E-state index contributed by atoms with van der Waals surface area (Å²) in [6, 6.07) is 12.1. The maximum absolute atomic E-state index is 10.4. The van der Waals surface area contributed by atoms with Crippen LogP contribution < -0.4 is 5.32 Å². The molecule has 0 radical (unpaired) electrons. The van der Waals surface area contributed by atoms with Crippen LogP contribution in [-0.4, -0.2) is 27.4 Å². The largest absolute Gasteiger partial charge is 0.389 e. The Bertz CT molecular complexity index is 548. The third kappa shape index (κ3) is 4.16. The van der Waals surface area contributed by atoms with Gasteiger partial charge >= 0.3 is 0 Å². The van der Waals surface area contributed by atoms with Crippen LogP contribution in [0, 0.1) is 5.92 Å². The average Bonchev–Trinajstić information content (AvgIpc) is 2.96. The first-order chi connectivity index (χ1) is 10.0. The average molecular weight is 287 g/mol. The zero-order valence-corrected chi connectivity index (χ0v) is 13.1. The number of H-pyrrole nitrogens is 1. The second-order valence-corrected chi connectivity index (χ2v) is 5.91. The molecule has 2 atom stereocenters. The smallest absolute Gasteiger partial charge is 0.0924 e. The van der Waals surface area contributed by atoms with E-state index in [2.05, 4.69) is 29.4 Å². The predicted octanol–water partition coefficient (Wildman–Crippen LogP) is 2.96. The molecule has 1 aromatic heterocycles. The van der Waals surface area contributed by atoms with Gasteiger partial charge in [-0.15, -0.1) is 0 Å². The first kappa shape index (κ1) is 15.7. The summed E-state index contributed by atoms with van der Waals surface area (Å²) >= 11 is 0. The fourth-order valence-electron chi connectivity index (χ4n) is 2.27. The van der Waals surface area contributed by atoms with Crippen LogP contribution >= 0.6 is 0 Å². The number of nitrogens with zero attached hydrogens (tertiary/aromatic N) is 1. The van der Waals surface area contributed by atoms with Crippen molar-refractivity contribution in [2.45, 2.75) is 39.3 Å². The number of benzene rings is 1. The lowest BCUT2D eigenvalue weighted by Gasteiger charge is -2.29. The molecule has 0 aliphatic rings. The third-order valence-corrected chi connectivity index (χ3v) is 4.17. The fourth-order valence-corrected chi connectivity index (χ4v) is 2.27. The Morgan fingerprint density at radius 2 is 2.05 bits per heavy atom. The van der Waals surface area contributed by atoms with E-state index in [1.54, 1.807) is 0 Å². The highest BCUT2D eigenvalue weighted by molar-refractivity contribution is 5.58. The quantitative estimate of drug-likeness (QED) is 0.733. The summed E-state index contributed by atoms with van der Waals surface area (Å²) in [7, 11) is 0. The monoisotopic (exact) mass is 287 g/mol. The minimum absolute atomic E-state index is 0.270. The second kappa shape index (κ2) is 6.87. The number of nitrogens with one attached hydrogen (secondary N) is 2. The van der Waals surface area contributed by atoms with Crippen molar-refractivity contribution in [1.82, 2.24) is 15.5 Å². The van der Waals surface area contributed by atoms with Gasteiger partial charge in [0.1, 0.15) is 0 Å². The first-order valence-corrected chi connectivity index (χ1v) is 7.55. The van der Waals surface area contributed by atoms with E-state index in [1.165, 1.54) is 0 Å². The van der Waals surface area contributed by atoms with Crippen molar-refractivity contribution in [3.05, 3.63) is 42.1 Å². The summed E-state index contributed by atoms with van der Waals surface area (Å²) < 4.78 is 0. The number of aromatic nitrogens is 2. The van der Waals surface area contributed by atoms with Crippen LogP contribution in [0.15, 0.2) is 36.4 Å². The highest BCUT2D eigenvalue weighted by Gasteiger charge is 2.26. The van der Waals surface area contributed by atoms with E-state index >= 15 is 0 Å². The van der Waals surface area contributed by atoms with Crippen LogP contribution in [0.25, 0.3) is 11.3 Å². The summed E-state index contributed by atoms with van der Waals surface area (Å²) in [4.78, 5) is 0. The normalized spacial score (nSPS) is 15.6. The van der Waals surface area contributed by atoms with Crippen LogP contribution in [0.2, 0.25) is 0 Å². The third-order valence-electron chi connectivity index (χ3n) is 4.17. The molecule has 4 nitrogen and oxygen atoms in total. The van der Waals surface area contributed by atoms with E-state index in [9.17, 15) is 5.11 Å². The van der Waals surface area contributed by atoms with Gasteiger partial charge in [0, 0.05) is 24.3 Å². The molecule has 4 heteroatoms. The lowest BCUT2D eigenvalue weighted by molar-refractivity contribution is 0.00529. The summed E-state index contributed by atoms with van der Waals surface area (Å²) in [5, 5.41) is 21.0. The van der Waals surface area contributed by atoms with E-state index in [-0.39, 0.29) is 5.92 Å². The molecule has 3 N–H and O–H groups in total. The molecule has 2 rings (SSSR count). The molecule has 0 spiro atoms. The molecule has 0 fully saturated rings. The van der Waals surface area contributed by atoms with Crippen LogP contribution in [0.1, 0.15) is 32.9 Å². The van der Waals surface area contributed by atoms with Crippen molar-refractivity contribution in [1.29, 1.82) is 0 Å². The first-order valence-electron chi connectivity index (χ1n) is 7.55. The Balaban J connectivity index is 1.89. The van der Waals surface area contributed by atoms with Crippen molar-refractivity contribution in [3.63, 3.8) is 0 Å². The number of hydrogen-bond acceptors (Lipinski definition) is 3. The molecule has 21 heavy (non-hydrogen) atoms. The van der Waals surface area contributed by atoms with Gasteiger partial charge in [0.15, 0.2) is 0 Å². The van der Waals surface area contributed by atoms with Gasteiger partial charge in [-0.2, -0.15) is 5.10 Å². The maximum atomic E-state index is 10.4. The van der Waals surface area contributed by atoms with Crippen molar-refractivity contribution in [3.8, 4) is 11.3 Å². The second-order valence-electron chi connectivity index (χ2n) is 5.91. The molecule has 1 heterocycles. The lowest BCUT2D eigenvalue weighted by Crippen LogP contribution is -2.42. The Labute approximate surface area is 126 Å². The van der Waals surface area contributed by atoms with Crippen LogP contribution in [0.5, 0.6) is 0 Å². The lowest BCUT2D eigenvalue weighted by atomic mass is 9.89. The number of aromatic amines is 1. The van der Waals surface area contributed by atoms with E-state index in [1.807, 2.05) is 43.3 Å². The molecule has 0 aliphatic carbocycles. The van der Waals surface area contributed by atoms with Crippen molar-refractivity contribution >= 4 is 0 Å². The highest BCUT2D eigenvalue weighted by atomic mass is 16.3. The van der Waals surface area contributed by atoms with E-state index in [0.717, 1.165) is 23.4 Å². The number of rotatable bonds is 7. The minimum Gasteiger partial charge on any atom is -0.389 e. The molecule has 0 bridgehead atoms. The van der Waals surface area contributed by atoms with Crippen molar-refractivity contribution in [2.24, 2.45) is 5.92 Å². The Morgan fingerprint density at radius 3 is 2.71 bits per heavy atom. The van der Waals surface area contributed by atoms with Gasteiger partial charge in [-0.05, 0) is 18.9 Å². The maximum Gasteiger partial charge on any atom is 0.0924 e. The molecule has 0 amide bonds. The number of hydrogen-bond donors (Lipinski definition) is 3. The number of aliphatic hydroxyl groups is 1. The summed E-state index contributed by atoms with van der Waals surface area (Å²) in [6.07, 6.45) is 0.969. The van der Waals surface area contributed by atoms with Crippen LogP contribution in [-0.2, 0) is 6.54 Å². The highest BCUT2D eigenvalue weighted by Crippen LogP contribution is 2.19. The molecule has 0 saturated carbocycles. The van der Waals surface area contributed by atoms with Crippen LogP contribution in [0.3, 0.4) is 0 Å². The van der Waals surface area contributed by atoms with Gasteiger partial charge < -0.3 is 10.4 Å². The Kier molecular flexibility index (Phi) is 5.15. The fraction of sp³-hybridized carbons (Fsp3) is 0.471. The molecule has 1 aromatic carbocycles. The van der Waals surface area contributed by atoms with Gasteiger partial charge in [-0.1, -0.05) is 50.6 Å². The zero-order valence-electron chi connectivity index (χ0n) is 13.1. The Morgan fingerprint density at radius 1 is 1.33 bits per heavy atom. The topological polar surface area (TPSA) is 60.9 Å². The van der Waals surface area contributed by atoms with Crippen molar-refractivity contribution in [2.75, 3.05) is 6.54 Å². The molecule has 2 unspecified atom stereocenters. The standard InChI is InChI=1S/C17H25N3O/c1-4-13(2)17(3,21)12-18-11-15-10-16(20-19-15)14-8-6-5-7-9-14/h5-10,13,18,21H,4,11-12H2,1-3H3,(H,19,20). The van der Waals surface area contributed by atoms with Gasteiger partial charge in [-0.3, -0.25) is 5.10 Å². The van der Waals surface area contributed by atoms with Gasteiger partial charge in [0.25, 0.3) is 0 Å².